The van der Waals surface area contributed by atoms with E-state index in [1.54, 1.807) is 0 Å². The lowest BCUT2D eigenvalue weighted by molar-refractivity contribution is -0.186. The predicted molar refractivity (Wildman–Crippen MR) is 86.0 cm³/mol. The van der Waals surface area contributed by atoms with E-state index in [1.165, 1.54) is 19.3 Å². The van der Waals surface area contributed by atoms with Crippen molar-refractivity contribution in [2.45, 2.75) is 70.7 Å². The number of H-pyrrole nitrogens is 1. The summed E-state index contributed by atoms with van der Waals surface area (Å²) < 4.78 is 12.0. The van der Waals surface area contributed by atoms with E-state index in [1.807, 2.05) is 13.8 Å². The Balaban J connectivity index is 1.40. The molecule has 1 saturated carbocycles. The van der Waals surface area contributed by atoms with Crippen LogP contribution < -0.4 is 5.32 Å². The minimum atomic E-state index is -0.362. The molecule has 2 heterocycles. The first kappa shape index (κ1) is 16.5. The van der Waals surface area contributed by atoms with Crippen molar-refractivity contribution >= 4 is 5.91 Å². The van der Waals surface area contributed by atoms with Crippen LogP contribution in [0.25, 0.3) is 0 Å². The average Bonchev–Trinajstić information content (AvgIpc) is 3.08. The molecule has 128 valence electrons. The summed E-state index contributed by atoms with van der Waals surface area (Å²) in [6, 6.07) is 0. The molecular weight excluding hydrogens is 294 g/mol. The van der Waals surface area contributed by atoms with E-state index in [2.05, 4.69) is 15.5 Å². The van der Waals surface area contributed by atoms with E-state index in [4.69, 9.17) is 9.47 Å². The summed E-state index contributed by atoms with van der Waals surface area (Å²) >= 11 is 0. The number of rotatable bonds is 5. The van der Waals surface area contributed by atoms with Gasteiger partial charge in [-0.3, -0.25) is 9.89 Å². The number of hydrogen-bond donors (Lipinski definition) is 2. The Morgan fingerprint density at radius 2 is 2.13 bits per heavy atom. The summed E-state index contributed by atoms with van der Waals surface area (Å²) in [6.07, 6.45) is 6.74. The molecule has 2 aliphatic rings. The van der Waals surface area contributed by atoms with Gasteiger partial charge in [-0.1, -0.05) is 6.42 Å². The topological polar surface area (TPSA) is 76.2 Å². The lowest BCUT2D eigenvalue weighted by Gasteiger charge is -2.31. The number of aryl methyl sites for hydroxylation is 2. The molecule has 6 heteroatoms. The van der Waals surface area contributed by atoms with E-state index >= 15 is 0 Å². The molecule has 0 aromatic carbocycles. The molecule has 1 unspecified atom stereocenters. The van der Waals surface area contributed by atoms with Crippen LogP contribution >= 0.6 is 0 Å². The number of nitrogens with one attached hydrogen (secondary N) is 2. The Labute approximate surface area is 137 Å². The molecule has 1 aromatic rings. The van der Waals surface area contributed by atoms with Gasteiger partial charge in [-0.25, -0.2) is 0 Å². The molecule has 0 bridgehead atoms. The van der Waals surface area contributed by atoms with Crippen LogP contribution in [0.1, 0.15) is 55.5 Å². The average molecular weight is 321 g/mol. The smallest absolute Gasteiger partial charge is 0.220 e. The zero-order chi connectivity index (χ0) is 16.3. The monoisotopic (exact) mass is 321 g/mol. The van der Waals surface area contributed by atoms with Crippen LogP contribution in [0.2, 0.25) is 0 Å². The third kappa shape index (κ3) is 3.93. The summed E-state index contributed by atoms with van der Waals surface area (Å²) in [5, 5.41) is 10.1. The molecule has 23 heavy (non-hydrogen) atoms. The van der Waals surface area contributed by atoms with Crippen LogP contribution in [0.4, 0.5) is 0 Å². The number of amides is 1. The molecule has 2 N–H and O–H groups in total. The van der Waals surface area contributed by atoms with Crippen molar-refractivity contribution in [1.82, 2.24) is 15.5 Å². The largest absolute Gasteiger partial charge is 0.353 e. The lowest BCUT2D eigenvalue weighted by atomic mass is 9.94. The minimum Gasteiger partial charge on any atom is -0.353 e. The first-order chi connectivity index (χ1) is 11.1. The summed E-state index contributed by atoms with van der Waals surface area (Å²) in [7, 11) is 0. The van der Waals surface area contributed by atoms with Crippen molar-refractivity contribution in [2.75, 3.05) is 13.2 Å². The van der Waals surface area contributed by atoms with Gasteiger partial charge in [0.1, 0.15) is 6.10 Å². The highest BCUT2D eigenvalue weighted by Gasteiger charge is 2.42. The van der Waals surface area contributed by atoms with Gasteiger partial charge in [-0.2, -0.15) is 5.10 Å². The number of nitrogens with zero attached hydrogens (tertiary/aromatic N) is 1. The number of carbonyl (C=O) groups excluding carboxylic acids is 1. The fraction of sp³-hybridized carbons (Fsp3) is 0.765. The Hall–Kier alpha value is -1.40. The maximum atomic E-state index is 12.0. The van der Waals surface area contributed by atoms with Gasteiger partial charge >= 0.3 is 0 Å². The molecule has 1 spiro atoms. The van der Waals surface area contributed by atoms with Gasteiger partial charge in [0.15, 0.2) is 5.79 Å². The Kier molecular flexibility index (Phi) is 5.02. The van der Waals surface area contributed by atoms with Crippen LogP contribution in [0, 0.1) is 13.8 Å². The fourth-order valence-electron chi connectivity index (χ4n) is 3.57. The summed E-state index contributed by atoms with van der Waals surface area (Å²) in [5.74, 6) is -0.309. The quantitative estimate of drug-likeness (QED) is 0.871. The molecule has 3 rings (SSSR count). The molecule has 1 atom stereocenters. The predicted octanol–water partition coefficient (Wildman–Crippen LogP) is 2.15. The van der Waals surface area contributed by atoms with Gasteiger partial charge in [0, 0.05) is 31.5 Å². The molecule has 1 amide bonds. The van der Waals surface area contributed by atoms with Crippen LogP contribution in [0.5, 0.6) is 0 Å². The Bertz CT molecular complexity index is 530. The van der Waals surface area contributed by atoms with Crippen LogP contribution in [0.15, 0.2) is 0 Å². The van der Waals surface area contributed by atoms with E-state index in [-0.39, 0.29) is 17.8 Å². The van der Waals surface area contributed by atoms with Crippen molar-refractivity contribution < 1.29 is 14.3 Å². The number of ether oxygens (including phenoxy) is 2. The van der Waals surface area contributed by atoms with Crippen molar-refractivity contribution in [3.8, 4) is 0 Å². The molecule has 2 fully saturated rings. The second-order valence-electron chi connectivity index (χ2n) is 6.74. The summed E-state index contributed by atoms with van der Waals surface area (Å²) in [6.45, 7) is 5.06. The maximum Gasteiger partial charge on any atom is 0.220 e. The van der Waals surface area contributed by atoms with Gasteiger partial charge in [-0.15, -0.1) is 0 Å². The zero-order valence-corrected chi connectivity index (χ0v) is 14.1. The van der Waals surface area contributed by atoms with Gasteiger partial charge in [0.25, 0.3) is 0 Å². The highest BCUT2D eigenvalue weighted by atomic mass is 16.7. The molecule has 1 aromatic heterocycles. The number of hydrogen-bond acceptors (Lipinski definition) is 4. The third-order valence-electron chi connectivity index (χ3n) is 4.94. The van der Waals surface area contributed by atoms with Crippen molar-refractivity contribution in [3.05, 3.63) is 17.0 Å². The first-order valence-electron chi connectivity index (χ1n) is 8.67. The van der Waals surface area contributed by atoms with E-state index < -0.39 is 0 Å². The number of aromatic nitrogens is 2. The van der Waals surface area contributed by atoms with Crippen molar-refractivity contribution in [3.63, 3.8) is 0 Å². The van der Waals surface area contributed by atoms with Crippen LogP contribution in [-0.4, -0.2) is 41.1 Å². The molecule has 0 radical (unpaired) electrons. The Morgan fingerprint density at radius 1 is 1.35 bits per heavy atom. The fourth-order valence-corrected chi connectivity index (χ4v) is 3.57. The molecule has 6 nitrogen and oxygen atoms in total. The highest BCUT2D eigenvalue weighted by molar-refractivity contribution is 5.76. The first-order valence-corrected chi connectivity index (χ1v) is 8.67. The number of aromatic amines is 1. The van der Waals surface area contributed by atoms with Crippen molar-refractivity contribution in [2.24, 2.45) is 0 Å². The van der Waals surface area contributed by atoms with Crippen LogP contribution in [0.3, 0.4) is 0 Å². The third-order valence-corrected chi connectivity index (χ3v) is 4.94. The van der Waals surface area contributed by atoms with E-state index in [0.717, 1.165) is 29.8 Å². The molecule has 1 saturated heterocycles. The maximum absolute atomic E-state index is 12.0. The van der Waals surface area contributed by atoms with E-state index in [0.29, 0.717) is 26.0 Å². The number of carbonyl (C=O) groups is 1. The lowest BCUT2D eigenvalue weighted by Crippen LogP contribution is -2.37. The summed E-state index contributed by atoms with van der Waals surface area (Å²) in [5.41, 5.74) is 3.16. The molecule has 1 aliphatic carbocycles. The second-order valence-corrected chi connectivity index (χ2v) is 6.74. The molecule has 1 aliphatic heterocycles. The summed E-state index contributed by atoms with van der Waals surface area (Å²) in [4.78, 5) is 12.0. The van der Waals surface area contributed by atoms with Crippen molar-refractivity contribution in [1.29, 1.82) is 0 Å². The van der Waals surface area contributed by atoms with Gasteiger partial charge < -0.3 is 14.8 Å². The Morgan fingerprint density at radius 3 is 2.83 bits per heavy atom. The zero-order valence-electron chi connectivity index (χ0n) is 14.1. The normalized spacial score (nSPS) is 23.3. The van der Waals surface area contributed by atoms with E-state index in [9.17, 15) is 4.79 Å². The second kappa shape index (κ2) is 7.01. The molecular formula is C17H27N3O3. The van der Waals surface area contributed by atoms with Gasteiger partial charge in [-0.05, 0) is 38.7 Å². The standard InChI is InChI=1S/C17H27N3O3/c1-12-15(13(2)20-19-12)6-7-16(21)18-10-14-11-22-17(23-14)8-4-3-5-9-17/h14H,3-11H2,1-2H3,(H,18,21)(H,19,20). The van der Waals surface area contributed by atoms with Crippen LogP contribution in [-0.2, 0) is 20.7 Å². The van der Waals surface area contributed by atoms with Gasteiger partial charge in [0.05, 0.1) is 12.3 Å². The SMILES string of the molecule is Cc1n[nH]c(C)c1CCC(=O)NCC1COC2(CCCCC2)O1. The highest BCUT2D eigenvalue weighted by Crippen LogP contribution is 2.37. The van der Waals surface area contributed by atoms with Gasteiger partial charge in [0.2, 0.25) is 5.91 Å². The minimum absolute atomic E-state index is 0.0190.